The van der Waals surface area contributed by atoms with E-state index in [-0.39, 0.29) is 18.4 Å². The van der Waals surface area contributed by atoms with Crippen LogP contribution >= 0.6 is 0 Å². The first-order valence-corrected chi connectivity index (χ1v) is 10.3. The second-order valence-electron chi connectivity index (χ2n) is 8.74. The van der Waals surface area contributed by atoms with Gasteiger partial charge in [-0.05, 0) is 58.3 Å². The van der Waals surface area contributed by atoms with Crippen molar-refractivity contribution in [3.63, 3.8) is 0 Å². The van der Waals surface area contributed by atoms with Crippen LogP contribution in [0, 0.1) is 11.8 Å². The summed E-state index contributed by atoms with van der Waals surface area (Å²) in [6.07, 6.45) is 3.64. The highest BCUT2D eigenvalue weighted by Crippen LogP contribution is 2.19. The molecule has 8 nitrogen and oxygen atoms in total. The Bertz CT molecular complexity index is 532. The van der Waals surface area contributed by atoms with E-state index >= 15 is 0 Å². The topological polar surface area (TPSA) is 97.0 Å². The minimum absolute atomic E-state index is 0.0541. The Morgan fingerprint density at radius 2 is 1.64 bits per heavy atom. The number of ether oxygens (including phenoxy) is 2. The van der Waals surface area contributed by atoms with Gasteiger partial charge < -0.3 is 25.0 Å². The average Bonchev–Trinajstić information content (AvgIpc) is 2.64. The molecular formula is C20H35N3O5. The molecule has 0 aromatic carbocycles. The molecule has 0 unspecified atom stereocenters. The van der Waals surface area contributed by atoms with Crippen LogP contribution in [0.5, 0.6) is 0 Å². The lowest BCUT2D eigenvalue weighted by Gasteiger charge is -2.32. The molecule has 28 heavy (non-hydrogen) atoms. The van der Waals surface area contributed by atoms with Crippen molar-refractivity contribution in [3.05, 3.63) is 0 Å². The highest BCUT2D eigenvalue weighted by Gasteiger charge is 2.25. The molecule has 0 aromatic rings. The standard InChI is InChI=1S/C20H35N3O5/c1-20(2,3)28-19(26)22-14-18(25)23-8-4-16(5-9-23)13-21-17(24)12-15-6-10-27-11-7-15/h15-16H,4-14H2,1-3H3,(H,21,24)(H,22,26). The van der Waals surface area contributed by atoms with Gasteiger partial charge >= 0.3 is 6.09 Å². The molecule has 2 fully saturated rings. The average molecular weight is 398 g/mol. The van der Waals surface area contributed by atoms with Gasteiger partial charge in [-0.2, -0.15) is 0 Å². The summed E-state index contributed by atoms with van der Waals surface area (Å²) in [5.41, 5.74) is -0.583. The number of rotatable bonds is 6. The maximum absolute atomic E-state index is 12.2. The number of carbonyl (C=O) groups excluding carboxylic acids is 3. The van der Waals surface area contributed by atoms with Crippen molar-refractivity contribution < 1.29 is 23.9 Å². The Kier molecular flexibility index (Phi) is 8.54. The third-order valence-electron chi connectivity index (χ3n) is 5.15. The molecule has 2 heterocycles. The van der Waals surface area contributed by atoms with E-state index < -0.39 is 11.7 Å². The molecule has 8 heteroatoms. The number of hydrogen-bond donors (Lipinski definition) is 2. The summed E-state index contributed by atoms with van der Waals surface area (Å²) in [4.78, 5) is 37.7. The van der Waals surface area contributed by atoms with E-state index in [2.05, 4.69) is 10.6 Å². The first-order chi connectivity index (χ1) is 13.2. The van der Waals surface area contributed by atoms with Crippen LogP contribution in [0.1, 0.15) is 52.9 Å². The Morgan fingerprint density at radius 3 is 2.25 bits per heavy atom. The summed E-state index contributed by atoms with van der Waals surface area (Å²) in [7, 11) is 0. The van der Waals surface area contributed by atoms with Crippen LogP contribution in [0.25, 0.3) is 0 Å². The molecule has 0 spiro atoms. The largest absolute Gasteiger partial charge is 0.444 e. The summed E-state index contributed by atoms with van der Waals surface area (Å²) in [6, 6.07) is 0. The van der Waals surface area contributed by atoms with Crippen LogP contribution in [-0.2, 0) is 19.1 Å². The molecule has 3 amide bonds. The Balaban J connectivity index is 1.59. The molecule has 2 N–H and O–H groups in total. The molecular weight excluding hydrogens is 362 g/mol. The van der Waals surface area contributed by atoms with Crippen molar-refractivity contribution in [2.24, 2.45) is 11.8 Å². The lowest BCUT2D eigenvalue weighted by Crippen LogP contribution is -2.46. The number of carbonyl (C=O) groups is 3. The van der Waals surface area contributed by atoms with Crippen LogP contribution in [-0.4, -0.2) is 67.8 Å². The predicted molar refractivity (Wildman–Crippen MR) is 105 cm³/mol. The Morgan fingerprint density at radius 1 is 1.00 bits per heavy atom. The number of likely N-dealkylation sites (tertiary alicyclic amines) is 1. The molecule has 2 aliphatic heterocycles. The van der Waals surface area contributed by atoms with Gasteiger partial charge in [-0.3, -0.25) is 9.59 Å². The van der Waals surface area contributed by atoms with Gasteiger partial charge in [-0.1, -0.05) is 0 Å². The highest BCUT2D eigenvalue weighted by molar-refractivity contribution is 5.82. The van der Waals surface area contributed by atoms with Crippen LogP contribution in [0.4, 0.5) is 4.79 Å². The van der Waals surface area contributed by atoms with Crippen LogP contribution in [0.15, 0.2) is 0 Å². The maximum Gasteiger partial charge on any atom is 0.408 e. The van der Waals surface area contributed by atoms with E-state index in [4.69, 9.17) is 9.47 Å². The molecule has 0 aromatic heterocycles. The first-order valence-electron chi connectivity index (χ1n) is 10.3. The Hall–Kier alpha value is -1.83. The van der Waals surface area contributed by atoms with Crippen molar-refractivity contribution in [1.82, 2.24) is 15.5 Å². The smallest absolute Gasteiger partial charge is 0.408 e. The van der Waals surface area contributed by atoms with Crippen molar-refractivity contribution in [3.8, 4) is 0 Å². The number of nitrogens with zero attached hydrogens (tertiary/aromatic N) is 1. The van der Waals surface area contributed by atoms with Gasteiger partial charge in [0.25, 0.3) is 0 Å². The third kappa shape index (κ3) is 8.46. The van der Waals surface area contributed by atoms with E-state index in [0.717, 1.165) is 38.9 Å². The van der Waals surface area contributed by atoms with E-state index in [0.29, 0.717) is 37.9 Å². The fourth-order valence-corrected chi connectivity index (χ4v) is 3.50. The number of alkyl carbamates (subject to hydrolysis) is 1. The SMILES string of the molecule is CC(C)(C)OC(=O)NCC(=O)N1CCC(CNC(=O)CC2CCOCC2)CC1. The lowest BCUT2D eigenvalue weighted by molar-refractivity contribution is -0.132. The molecule has 0 saturated carbocycles. The van der Waals surface area contributed by atoms with Crippen LogP contribution in [0.2, 0.25) is 0 Å². The molecule has 0 bridgehead atoms. The van der Waals surface area contributed by atoms with Crippen molar-refractivity contribution >= 4 is 17.9 Å². The van der Waals surface area contributed by atoms with Gasteiger partial charge in [0, 0.05) is 39.3 Å². The zero-order chi connectivity index (χ0) is 20.6. The van der Waals surface area contributed by atoms with E-state index in [1.54, 1.807) is 25.7 Å². The quantitative estimate of drug-likeness (QED) is 0.711. The monoisotopic (exact) mass is 397 g/mol. The number of amides is 3. The van der Waals surface area contributed by atoms with Gasteiger partial charge in [0.05, 0.1) is 0 Å². The lowest BCUT2D eigenvalue weighted by atomic mass is 9.95. The second-order valence-corrected chi connectivity index (χ2v) is 8.74. The Labute approximate surface area is 167 Å². The maximum atomic E-state index is 12.2. The van der Waals surface area contributed by atoms with E-state index in [1.807, 2.05) is 0 Å². The fraction of sp³-hybridized carbons (Fsp3) is 0.850. The van der Waals surface area contributed by atoms with Crippen molar-refractivity contribution in [2.45, 2.75) is 58.5 Å². The molecule has 0 radical (unpaired) electrons. The van der Waals surface area contributed by atoms with Crippen LogP contribution in [0.3, 0.4) is 0 Å². The van der Waals surface area contributed by atoms with E-state index in [1.165, 1.54) is 0 Å². The summed E-state index contributed by atoms with van der Waals surface area (Å²) in [5.74, 6) is 0.840. The van der Waals surface area contributed by atoms with Gasteiger partial charge in [0.1, 0.15) is 12.1 Å². The first kappa shape index (κ1) is 22.5. The fourth-order valence-electron chi connectivity index (χ4n) is 3.50. The normalized spacial score (nSPS) is 19.2. The van der Waals surface area contributed by atoms with Crippen molar-refractivity contribution in [2.75, 3.05) is 39.4 Å². The molecule has 2 saturated heterocycles. The molecule has 160 valence electrons. The van der Waals surface area contributed by atoms with Gasteiger partial charge in [-0.25, -0.2) is 4.79 Å². The minimum Gasteiger partial charge on any atom is -0.444 e. The summed E-state index contributed by atoms with van der Waals surface area (Å²) >= 11 is 0. The molecule has 2 rings (SSSR count). The second kappa shape index (κ2) is 10.6. The van der Waals surface area contributed by atoms with E-state index in [9.17, 15) is 14.4 Å². The molecule has 0 aliphatic carbocycles. The molecule has 0 atom stereocenters. The number of nitrogens with one attached hydrogen (secondary N) is 2. The molecule has 2 aliphatic rings. The number of piperidine rings is 1. The summed E-state index contributed by atoms with van der Waals surface area (Å²) in [6.45, 7) is 8.76. The number of hydrogen-bond acceptors (Lipinski definition) is 5. The zero-order valence-corrected chi connectivity index (χ0v) is 17.4. The summed E-state index contributed by atoms with van der Waals surface area (Å²) < 4.78 is 10.5. The predicted octanol–water partition coefficient (Wildman–Crippen LogP) is 1.68. The van der Waals surface area contributed by atoms with Crippen molar-refractivity contribution in [1.29, 1.82) is 0 Å². The summed E-state index contributed by atoms with van der Waals surface area (Å²) in [5, 5.41) is 5.56. The van der Waals surface area contributed by atoms with Gasteiger partial charge in [0.15, 0.2) is 0 Å². The van der Waals surface area contributed by atoms with Gasteiger partial charge in [0.2, 0.25) is 11.8 Å². The van der Waals surface area contributed by atoms with Gasteiger partial charge in [-0.15, -0.1) is 0 Å². The van der Waals surface area contributed by atoms with Crippen LogP contribution < -0.4 is 10.6 Å². The minimum atomic E-state index is -0.583. The zero-order valence-electron chi connectivity index (χ0n) is 17.4. The third-order valence-corrected chi connectivity index (χ3v) is 5.15. The highest BCUT2D eigenvalue weighted by atomic mass is 16.6.